The number of carbonyl (C=O) groups excluding carboxylic acids is 2. The molecule has 1 amide bonds. The highest BCUT2D eigenvalue weighted by Gasteiger charge is 2.38. The van der Waals surface area contributed by atoms with Crippen molar-refractivity contribution in [2.45, 2.75) is 25.0 Å². The third-order valence-electron chi connectivity index (χ3n) is 5.20. The number of hydrogen-bond acceptors (Lipinski definition) is 7. The number of thiocarbonyl (C=S) groups is 1. The van der Waals surface area contributed by atoms with E-state index in [1.165, 1.54) is 7.11 Å². The summed E-state index contributed by atoms with van der Waals surface area (Å²) in [7, 11) is 2.95. The number of nitrogens with one attached hydrogen (secondary N) is 1. The van der Waals surface area contributed by atoms with Gasteiger partial charge in [0.05, 0.1) is 20.8 Å². The molecular weight excluding hydrogens is 410 g/mol. The summed E-state index contributed by atoms with van der Waals surface area (Å²) in [6.07, 6.45) is 0.950. The van der Waals surface area contributed by atoms with E-state index in [-0.39, 0.29) is 30.8 Å². The lowest BCUT2D eigenvalue weighted by Crippen LogP contribution is -2.50. The topological polar surface area (TPSA) is 89.6 Å². The smallest absolute Gasteiger partial charge is 0.410 e. The maximum Gasteiger partial charge on any atom is 0.410 e. The molecule has 9 nitrogen and oxygen atoms in total. The lowest BCUT2D eigenvalue weighted by Gasteiger charge is -2.36. The number of rotatable bonds is 7. The molecule has 3 rings (SSSR count). The minimum absolute atomic E-state index is 0.0452. The van der Waals surface area contributed by atoms with Gasteiger partial charge in [0, 0.05) is 19.1 Å². The summed E-state index contributed by atoms with van der Waals surface area (Å²) in [4.78, 5) is 27.3. The fourth-order valence-corrected chi connectivity index (χ4v) is 3.75. The Morgan fingerprint density at radius 1 is 1.20 bits per heavy atom. The first-order chi connectivity index (χ1) is 14.5. The number of methoxy groups -OCH3 is 2. The van der Waals surface area contributed by atoms with E-state index in [0.29, 0.717) is 37.1 Å². The molecule has 0 aliphatic carbocycles. The summed E-state index contributed by atoms with van der Waals surface area (Å²) < 4.78 is 21.0. The van der Waals surface area contributed by atoms with Crippen LogP contribution in [0.25, 0.3) is 0 Å². The van der Waals surface area contributed by atoms with E-state index in [4.69, 9.17) is 26.4 Å². The van der Waals surface area contributed by atoms with Crippen molar-refractivity contribution < 1.29 is 28.5 Å². The van der Waals surface area contributed by atoms with E-state index >= 15 is 0 Å². The van der Waals surface area contributed by atoms with Crippen LogP contribution in [-0.4, -0.2) is 86.1 Å². The maximum atomic E-state index is 12.3. The highest BCUT2D eigenvalue weighted by molar-refractivity contribution is 7.80. The summed E-state index contributed by atoms with van der Waals surface area (Å²) in [6, 6.07) is 7.38. The molecule has 2 heterocycles. The van der Waals surface area contributed by atoms with Gasteiger partial charge in [-0.15, -0.1) is 0 Å². The Balaban J connectivity index is 1.42. The summed E-state index contributed by atoms with van der Waals surface area (Å²) in [5.41, 5.74) is 0. The molecule has 164 valence electrons. The van der Waals surface area contributed by atoms with Crippen LogP contribution in [0, 0.1) is 0 Å². The van der Waals surface area contributed by atoms with E-state index in [0.717, 1.165) is 18.6 Å². The van der Waals surface area contributed by atoms with Crippen LogP contribution >= 0.6 is 12.2 Å². The second-order valence-corrected chi connectivity index (χ2v) is 7.48. The molecule has 2 aliphatic rings. The Morgan fingerprint density at radius 2 is 1.87 bits per heavy atom. The van der Waals surface area contributed by atoms with Gasteiger partial charge >= 0.3 is 12.1 Å². The van der Waals surface area contributed by atoms with Crippen LogP contribution in [0.15, 0.2) is 24.3 Å². The van der Waals surface area contributed by atoms with Crippen LogP contribution in [0.4, 0.5) is 4.79 Å². The number of carbonyl (C=O) groups is 2. The SMILES string of the molecule is COC(=O)CNC(=S)N1CCC(N2CC(COc3ccc(OC)cc3)OC2=O)CC1. The third-order valence-corrected chi connectivity index (χ3v) is 5.60. The molecule has 1 aromatic rings. The molecule has 0 bridgehead atoms. The van der Waals surface area contributed by atoms with Gasteiger partial charge in [-0.3, -0.25) is 4.79 Å². The fourth-order valence-electron chi connectivity index (χ4n) is 3.50. The highest BCUT2D eigenvalue weighted by Crippen LogP contribution is 2.24. The number of likely N-dealkylation sites (tertiary alicyclic amines) is 1. The van der Waals surface area contributed by atoms with E-state index in [1.54, 1.807) is 12.0 Å². The second-order valence-electron chi connectivity index (χ2n) is 7.10. The van der Waals surface area contributed by atoms with Crippen LogP contribution in [0.5, 0.6) is 11.5 Å². The number of benzene rings is 1. The summed E-state index contributed by atoms with van der Waals surface area (Å²) >= 11 is 5.33. The number of esters is 1. The van der Waals surface area contributed by atoms with Crippen LogP contribution in [0.1, 0.15) is 12.8 Å². The Hall–Kier alpha value is -2.75. The fraction of sp³-hybridized carbons (Fsp3) is 0.550. The summed E-state index contributed by atoms with van der Waals surface area (Å²) in [5, 5.41) is 3.42. The second kappa shape index (κ2) is 10.3. The minimum atomic E-state index is -0.366. The lowest BCUT2D eigenvalue weighted by atomic mass is 10.0. The van der Waals surface area contributed by atoms with Crippen molar-refractivity contribution in [3.8, 4) is 11.5 Å². The van der Waals surface area contributed by atoms with E-state index in [2.05, 4.69) is 10.1 Å². The highest BCUT2D eigenvalue weighted by atomic mass is 32.1. The van der Waals surface area contributed by atoms with Gasteiger partial charge in [-0.05, 0) is 49.3 Å². The average molecular weight is 438 g/mol. The van der Waals surface area contributed by atoms with Gasteiger partial charge < -0.3 is 34.1 Å². The van der Waals surface area contributed by atoms with Crippen molar-refractivity contribution in [2.24, 2.45) is 0 Å². The molecule has 1 unspecified atom stereocenters. The Labute approximate surface area is 181 Å². The van der Waals surface area contributed by atoms with Crippen LogP contribution in [0.3, 0.4) is 0 Å². The Kier molecular flexibility index (Phi) is 7.56. The predicted octanol–water partition coefficient (Wildman–Crippen LogP) is 1.41. The third kappa shape index (κ3) is 5.65. The van der Waals surface area contributed by atoms with E-state index < -0.39 is 0 Å². The van der Waals surface area contributed by atoms with Crippen molar-refractivity contribution in [1.29, 1.82) is 0 Å². The zero-order valence-corrected chi connectivity index (χ0v) is 18.0. The number of ether oxygens (including phenoxy) is 4. The molecule has 0 radical (unpaired) electrons. The molecule has 1 aromatic carbocycles. The molecule has 1 atom stereocenters. The number of piperidine rings is 1. The van der Waals surface area contributed by atoms with Crippen molar-refractivity contribution in [1.82, 2.24) is 15.1 Å². The van der Waals surface area contributed by atoms with Crippen molar-refractivity contribution in [3.63, 3.8) is 0 Å². The first-order valence-corrected chi connectivity index (χ1v) is 10.2. The van der Waals surface area contributed by atoms with Gasteiger partial charge in [0.25, 0.3) is 0 Å². The van der Waals surface area contributed by atoms with E-state index in [1.807, 2.05) is 29.2 Å². The van der Waals surface area contributed by atoms with Crippen LogP contribution in [-0.2, 0) is 14.3 Å². The predicted molar refractivity (Wildman–Crippen MR) is 113 cm³/mol. The quantitative estimate of drug-likeness (QED) is 0.502. The van der Waals surface area contributed by atoms with Crippen molar-refractivity contribution in [2.75, 3.05) is 47.0 Å². The van der Waals surface area contributed by atoms with Crippen molar-refractivity contribution in [3.05, 3.63) is 24.3 Å². The minimum Gasteiger partial charge on any atom is -0.497 e. The largest absolute Gasteiger partial charge is 0.497 e. The van der Waals surface area contributed by atoms with Gasteiger partial charge in [0.2, 0.25) is 0 Å². The molecule has 1 N–H and O–H groups in total. The van der Waals surface area contributed by atoms with Crippen LogP contribution < -0.4 is 14.8 Å². The van der Waals surface area contributed by atoms with Gasteiger partial charge in [0.15, 0.2) is 11.2 Å². The molecule has 30 heavy (non-hydrogen) atoms. The zero-order chi connectivity index (χ0) is 21.5. The molecule has 2 aliphatic heterocycles. The van der Waals surface area contributed by atoms with Gasteiger partial charge in [-0.2, -0.15) is 0 Å². The zero-order valence-electron chi connectivity index (χ0n) is 17.2. The molecule has 2 fully saturated rings. The summed E-state index contributed by atoms with van der Waals surface area (Å²) in [5.74, 6) is 1.09. The number of nitrogens with zero attached hydrogens (tertiary/aromatic N) is 2. The molecule has 0 aromatic heterocycles. The average Bonchev–Trinajstić information content (AvgIpc) is 3.16. The normalized spacial score (nSPS) is 19.3. The first-order valence-electron chi connectivity index (χ1n) is 9.84. The summed E-state index contributed by atoms with van der Waals surface area (Å²) in [6.45, 7) is 2.26. The number of cyclic esters (lactones) is 1. The maximum absolute atomic E-state index is 12.3. The van der Waals surface area contributed by atoms with E-state index in [9.17, 15) is 9.59 Å². The number of amides is 1. The molecule has 0 spiro atoms. The van der Waals surface area contributed by atoms with Crippen LogP contribution in [0.2, 0.25) is 0 Å². The standard InChI is InChI=1S/C20H27N3O6S/c1-26-15-3-5-16(6-4-15)28-13-17-12-23(20(25)29-17)14-7-9-22(10-8-14)19(30)21-11-18(24)27-2/h3-6,14,17H,7-13H2,1-2H3,(H,21,30). The van der Waals surface area contributed by atoms with Gasteiger partial charge in [-0.1, -0.05) is 0 Å². The monoisotopic (exact) mass is 437 g/mol. The lowest BCUT2D eigenvalue weighted by molar-refractivity contribution is -0.139. The van der Waals surface area contributed by atoms with Crippen molar-refractivity contribution >= 4 is 29.4 Å². The first kappa shape index (κ1) is 21.9. The molecular formula is C20H27N3O6S. The van der Waals surface area contributed by atoms with Gasteiger partial charge in [-0.25, -0.2) is 4.79 Å². The molecule has 10 heteroatoms. The molecule has 2 saturated heterocycles. The van der Waals surface area contributed by atoms with Gasteiger partial charge in [0.1, 0.15) is 24.7 Å². The Bertz CT molecular complexity index is 751. The molecule has 0 saturated carbocycles. The Morgan fingerprint density at radius 3 is 2.50 bits per heavy atom. The number of hydrogen-bond donors (Lipinski definition) is 1.